The molecule has 2 aliphatic rings. The predicted octanol–water partition coefficient (Wildman–Crippen LogP) is 2.40. The molecule has 4 unspecified atom stereocenters. The van der Waals surface area contributed by atoms with Gasteiger partial charge in [-0.25, -0.2) is 9.13 Å². The van der Waals surface area contributed by atoms with Gasteiger partial charge in [0.2, 0.25) is 0 Å². The Bertz CT molecular complexity index is 719. The molecule has 3 N–H and O–H groups in total. The lowest BCUT2D eigenvalue weighted by Gasteiger charge is -2.26. The summed E-state index contributed by atoms with van der Waals surface area (Å²) in [7, 11) is -8.96. The van der Waals surface area contributed by atoms with Crippen LogP contribution in [-0.4, -0.2) is 83.0 Å². The van der Waals surface area contributed by atoms with E-state index in [4.69, 9.17) is 32.3 Å². The molecule has 2 saturated heterocycles. The van der Waals surface area contributed by atoms with E-state index in [0.29, 0.717) is 0 Å². The zero-order chi connectivity index (χ0) is 25.1. The van der Waals surface area contributed by atoms with Crippen molar-refractivity contribution < 1.29 is 56.3 Å². The lowest BCUT2D eigenvalue weighted by atomic mass is 9.99. The summed E-state index contributed by atoms with van der Waals surface area (Å²) in [6.07, 6.45) is -6.15. The van der Waals surface area contributed by atoms with Crippen LogP contribution in [0.3, 0.4) is 0 Å². The van der Waals surface area contributed by atoms with E-state index in [1.54, 1.807) is 13.8 Å². The van der Waals surface area contributed by atoms with E-state index in [0.717, 1.165) is 0 Å². The molecule has 0 spiro atoms. The van der Waals surface area contributed by atoms with Gasteiger partial charge >= 0.3 is 15.6 Å². The van der Waals surface area contributed by atoms with Crippen molar-refractivity contribution in [1.29, 1.82) is 0 Å². The largest absolute Gasteiger partial charge is 0.472 e. The van der Waals surface area contributed by atoms with Gasteiger partial charge in [-0.15, -0.1) is 0 Å². The second kappa shape index (κ2) is 11.9. The summed E-state index contributed by atoms with van der Waals surface area (Å²) < 4.78 is 61.6. The van der Waals surface area contributed by atoms with Crippen molar-refractivity contribution in [3.05, 3.63) is 0 Å². The number of hydrogen-bond acceptors (Lipinski definition) is 10. The Balaban J connectivity index is 1.91. The van der Waals surface area contributed by atoms with Gasteiger partial charge in [-0.2, -0.15) is 0 Å². The third kappa shape index (κ3) is 8.59. The number of rotatable bonds is 12. The van der Waals surface area contributed by atoms with E-state index in [1.165, 1.54) is 6.92 Å². The normalized spacial score (nSPS) is 38.7. The van der Waals surface area contributed by atoms with Crippen LogP contribution in [0.1, 0.15) is 48.5 Å². The first-order chi connectivity index (χ1) is 15.1. The standard InChI is InChI=1S/C19H38O12P2/c1-10(2)27-18-12(5)13(6)28-16(18)9-26-33(23,24)31-19-14(7)29-15(17(19)20)8-25-32(21,22)30-11(3)4/h10-20H,8-9H2,1-7H3,(H,21,22)(H,23,24)/t12-,13+,14+,15-,16-,17?,18?,19-/m1/s1. The Hall–Kier alpha value is 0.0600. The minimum atomic E-state index is -4.61. The molecule has 196 valence electrons. The Labute approximate surface area is 195 Å². The van der Waals surface area contributed by atoms with Gasteiger partial charge in [0, 0.05) is 5.92 Å². The highest BCUT2D eigenvalue weighted by atomic mass is 31.2. The van der Waals surface area contributed by atoms with Crippen molar-refractivity contribution in [1.82, 2.24) is 0 Å². The molecule has 0 aromatic heterocycles. The van der Waals surface area contributed by atoms with Crippen LogP contribution in [0.4, 0.5) is 0 Å². The molecule has 0 radical (unpaired) electrons. The third-order valence-corrected chi connectivity index (χ3v) is 7.56. The van der Waals surface area contributed by atoms with Crippen LogP contribution in [0.15, 0.2) is 0 Å². The molecule has 33 heavy (non-hydrogen) atoms. The van der Waals surface area contributed by atoms with Crippen molar-refractivity contribution in [2.45, 2.75) is 103 Å². The van der Waals surface area contributed by atoms with E-state index in [9.17, 15) is 24.0 Å². The molecule has 0 aliphatic carbocycles. The van der Waals surface area contributed by atoms with E-state index >= 15 is 0 Å². The molecule has 0 amide bonds. The zero-order valence-corrected chi connectivity index (χ0v) is 21.9. The van der Waals surface area contributed by atoms with Crippen molar-refractivity contribution in [3.63, 3.8) is 0 Å². The van der Waals surface area contributed by atoms with Crippen LogP contribution >= 0.6 is 15.6 Å². The molecule has 2 heterocycles. The summed E-state index contributed by atoms with van der Waals surface area (Å²) in [5, 5.41) is 10.5. The summed E-state index contributed by atoms with van der Waals surface area (Å²) >= 11 is 0. The molecule has 12 nitrogen and oxygen atoms in total. The van der Waals surface area contributed by atoms with Gasteiger partial charge in [0.25, 0.3) is 0 Å². The van der Waals surface area contributed by atoms with Gasteiger partial charge in [0.15, 0.2) is 0 Å². The fourth-order valence-corrected chi connectivity index (χ4v) is 5.70. The monoisotopic (exact) mass is 520 g/mol. The third-order valence-electron chi connectivity index (χ3n) is 5.42. The number of hydrogen-bond donors (Lipinski definition) is 3. The summed E-state index contributed by atoms with van der Waals surface area (Å²) in [5.41, 5.74) is 0. The topological polar surface area (TPSA) is 159 Å². The smallest absolute Gasteiger partial charge is 0.387 e. The summed E-state index contributed by atoms with van der Waals surface area (Å²) in [5.74, 6) is 0.0630. The molecule has 2 fully saturated rings. The predicted molar refractivity (Wildman–Crippen MR) is 116 cm³/mol. The lowest BCUT2D eigenvalue weighted by Crippen LogP contribution is -2.36. The Morgan fingerprint density at radius 2 is 1.36 bits per heavy atom. The molecule has 2 rings (SSSR count). The molecule has 0 aromatic carbocycles. The van der Waals surface area contributed by atoms with Crippen molar-refractivity contribution >= 4 is 15.6 Å². The fraction of sp³-hybridized carbons (Fsp3) is 1.00. The maximum Gasteiger partial charge on any atom is 0.472 e. The molecule has 0 bridgehead atoms. The van der Waals surface area contributed by atoms with Crippen LogP contribution in [0, 0.1) is 5.92 Å². The molecular weight excluding hydrogens is 482 g/mol. The van der Waals surface area contributed by atoms with E-state index in [2.05, 4.69) is 0 Å². The Morgan fingerprint density at radius 3 is 1.94 bits per heavy atom. The summed E-state index contributed by atoms with van der Waals surface area (Å²) in [6, 6.07) is 0. The van der Waals surface area contributed by atoms with Crippen LogP contribution in [0.25, 0.3) is 0 Å². The van der Waals surface area contributed by atoms with Crippen molar-refractivity contribution in [3.8, 4) is 0 Å². The number of aliphatic hydroxyl groups is 1. The highest BCUT2D eigenvalue weighted by Crippen LogP contribution is 2.49. The maximum atomic E-state index is 12.6. The Morgan fingerprint density at radius 1 is 0.818 bits per heavy atom. The average molecular weight is 520 g/mol. The van der Waals surface area contributed by atoms with Gasteiger partial charge in [-0.1, -0.05) is 6.92 Å². The van der Waals surface area contributed by atoms with Gasteiger partial charge in [-0.05, 0) is 41.5 Å². The molecule has 10 atom stereocenters. The van der Waals surface area contributed by atoms with Crippen LogP contribution in [0.5, 0.6) is 0 Å². The van der Waals surface area contributed by atoms with Crippen molar-refractivity contribution in [2.24, 2.45) is 5.92 Å². The summed E-state index contributed by atoms with van der Waals surface area (Å²) in [6.45, 7) is 11.6. The van der Waals surface area contributed by atoms with Crippen LogP contribution in [0.2, 0.25) is 0 Å². The quantitative estimate of drug-likeness (QED) is 0.323. The SMILES string of the molecule is CC(C)OC1[C@@H](COP(=O)(O)O[C@H]2C(O)[C@@H](COP(=O)(O)OC(C)C)O[C@H]2C)O[C@@H](C)[C@H]1C. The second-order valence-electron chi connectivity index (χ2n) is 9.01. The van der Waals surface area contributed by atoms with E-state index < -0.39 is 58.9 Å². The molecular formula is C19H38O12P2. The van der Waals surface area contributed by atoms with E-state index in [-0.39, 0.29) is 30.8 Å². The van der Waals surface area contributed by atoms with Crippen LogP contribution in [-0.2, 0) is 41.4 Å². The minimum absolute atomic E-state index is 0.0583. The number of phosphoric ester groups is 2. The highest BCUT2D eigenvalue weighted by Gasteiger charge is 2.48. The van der Waals surface area contributed by atoms with Crippen molar-refractivity contribution in [2.75, 3.05) is 13.2 Å². The van der Waals surface area contributed by atoms with Gasteiger partial charge < -0.3 is 29.1 Å². The van der Waals surface area contributed by atoms with Gasteiger partial charge in [0.1, 0.15) is 24.4 Å². The van der Waals surface area contributed by atoms with Gasteiger partial charge in [0.05, 0.1) is 43.7 Å². The van der Waals surface area contributed by atoms with E-state index in [1.807, 2.05) is 27.7 Å². The first kappa shape index (κ1) is 29.3. The molecule has 2 aliphatic heterocycles. The number of ether oxygens (including phenoxy) is 3. The summed E-state index contributed by atoms with van der Waals surface area (Å²) in [4.78, 5) is 19.9. The minimum Gasteiger partial charge on any atom is -0.387 e. The molecule has 0 aromatic rings. The number of phosphoric acid groups is 2. The first-order valence-corrected chi connectivity index (χ1v) is 14.1. The zero-order valence-electron chi connectivity index (χ0n) is 20.1. The van der Waals surface area contributed by atoms with Crippen LogP contribution < -0.4 is 0 Å². The lowest BCUT2D eigenvalue weighted by molar-refractivity contribution is -0.0693. The Kier molecular flexibility index (Phi) is 10.5. The average Bonchev–Trinajstić information content (AvgIpc) is 3.08. The second-order valence-corrected chi connectivity index (χ2v) is 11.8. The molecule has 0 saturated carbocycles. The van der Waals surface area contributed by atoms with Gasteiger partial charge in [-0.3, -0.25) is 18.1 Å². The fourth-order valence-electron chi connectivity index (χ4n) is 3.77. The highest BCUT2D eigenvalue weighted by molar-refractivity contribution is 7.47. The molecule has 14 heteroatoms. The maximum absolute atomic E-state index is 12.6. The number of aliphatic hydroxyl groups excluding tert-OH is 1. The first-order valence-electron chi connectivity index (χ1n) is 11.1.